The molecule has 1 aliphatic carbocycles. The molecule has 1 saturated carbocycles. The van der Waals surface area contributed by atoms with Crippen molar-refractivity contribution in [3.05, 3.63) is 83.2 Å². The SMILES string of the molecule is CCOC(=O)c1cc(C)c2cc(C3CC3)n(Cc3ccc(-c4ccccc4-c4nn[nH]n4)cc3)c2n1. The summed E-state index contributed by atoms with van der Waals surface area (Å²) in [5.74, 6) is 0.736. The zero-order chi connectivity index (χ0) is 24.6. The summed E-state index contributed by atoms with van der Waals surface area (Å²) in [6.45, 7) is 4.85. The fraction of sp³-hybridized carbons (Fsp3) is 0.250. The normalized spacial score (nSPS) is 13.3. The van der Waals surface area contributed by atoms with Crippen LogP contribution in [0.15, 0.2) is 60.7 Å². The molecule has 0 atom stereocenters. The van der Waals surface area contributed by atoms with Gasteiger partial charge >= 0.3 is 5.97 Å². The number of rotatable bonds is 7. The number of carbonyl (C=O) groups is 1. The third-order valence-corrected chi connectivity index (χ3v) is 6.70. The molecule has 3 heterocycles. The molecule has 5 aromatic rings. The maximum Gasteiger partial charge on any atom is 0.357 e. The molecule has 180 valence electrons. The fourth-order valence-electron chi connectivity index (χ4n) is 4.77. The van der Waals surface area contributed by atoms with Crippen LogP contribution in [-0.4, -0.2) is 42.8 Å². The van der Waals surface area contributed by atoms with Gasteiger partial charge in [-0.1, -0.05) is 48.5 Å². The van der Waals surface area contributed by atoms with Crippen molar-refractivity contribution in [2.45, 2.75) is 39.2 Å². The molecule has 1 fully saturated rings. The van der Waals surface area contributed by atoms with Gasteiger partial charge in [0.05, 0.1) is 6.61 Å². The second-order valence-corrected chi connectivity index (χ2v) is 9.19. The minimum Gasteiger partial charge on any atom is -0.461 e. The monoisotopic (exact) mass is 478 g/mol. The number of hydrogen-bond donors (Lipinski definition) is 1. The van der Waals surface area contributed by atoms with Crippen molar-refractivity contribution in [2.24, 2.45) is 0 Å². The number of aromatic amines is 1. The van der Waals surface area contributed by atoms with Crippen LogP contribution in [0.1, 0.15) is 53.0 Å². The summed E-state index contributed by atoms with van der Waals surface area (Å²) >= 11 is 0. The van der Waals surface area contributed by atoms with Crippen LogP contribution in [-0.2, 0) is 11.3 Å². The van der Waals surface area contributed by atoms with Gasteiger partial charge in [0.25, 0.3) is 0 Å². The van der Waals surface area contributed by atoms with E-state index in [1.54, 1.807) is 6.92 Å². The van der Waals surface area contributed by atoms with E-state index in [4.69, 9.17) is 9.72 Å². The zero-order valence-corrected chi connectivity index (χ0v) is 20.2. The van der Waals surface area contributed by atoms with Gasteiger partial charge in [0.15, 0.2) is 5.69 Å². The molecule has 0 aliphatic heterocycles. The van der Waals surface area contributed by atoms with Crippen LogP contribution >= 0.6 is 0 Å². The Morgan fingerprint density at radius 3 is 2.56 bits per heavy atom. The van der Waals surface area contributed by atoms with E-state index in [0.29, 0.717) is 30.6 Å². The quantitative estimate of drug-likeness (QED) is 0.319. The van der Waals surface area contributed by atoms with Gasteiger partial charge < -0.3 is 9.30 Å². The lowest BCUT2D eigenvalue weighted by molar-refractivity contribution is 0.0519. The number of esters is 1. The number of pyridine rings is 1. The number of aromatic nitrogens is 6. The summed E-state index contributed by atoms with van der Waals surface area (Å²) in [5, 5.41) is 15.6. The number of nitrogens with zero attached hydrogens (tertiary/aromatic N) is 5. The first-order chi connectivity index (χ1) is 17.6. The molecule has 1 N–H and O–H groups in total. The minimum absolute atomic E-state index is 0.328. The molecule has 0 saturated heterocycles. The van der Waals surface area contributed by atoms with Crippen molar-refractivity contribution >= 4 is 17.0 Å². The third kappa shape index (κ3) is 4.04. The molecule has 0 unspecified atom stereocenters. The lowest BCUT2D eigenvalue weighted by atomic mass is 9.98. The Labute approximate surface area is 208 Å². The van der Waals surface area contributed by atoms with Crippen LogP contribution < -0.4 is 0 Å². The average molecular weight is 479 g/mol. The summed E-state index contributed by atoms with van der Waals surface area (Å²) in [7, 11) is 0. The molecular weight excluding hydrogens is 452 g/mol. The summed E-state index contributed by atoms with van der Waals surface area (Å²) in [5.41, 5.74) is 7.74. The lowest BCUT2D eigenvalue weighted by Crippen LogP contribution is -2.10. The van der Waals surface area contributed by atoms with Crippen LogP contribution in [0.2, 0.25) is 0 Å². The standard InChI is InChI=1S/C28H26N6O2/c1-3-36-28(35)24-14-17(2)23-15-25(20-12-13-20)34(27(23)29-24)16-18-8-10-19(11-9-18)21-6-4-5-7-22(21)26-30-32-33-31-26/h4-11,14-15,20H,3,12-13,16H2,1-2H3,(H,30,31,32,33). The van der Waals surface area contributed by atoms with E-state index in [9.17, 15) is 4.79 Å². The number of ether oxygens (including phenoxy) is 1. The van der Waals surface area contributed by atoms with Gasteiger partial charge in [-0.15, -0.1) is 10.2 Å². The Bertz CT molecular complexity index is 1550. The first-order valence-electron chi connectivity index (χ1n) is 12.2. The number of fused-ring (bicyclic) bond motifs is 1. The molecule has 6 rings (SSSR count). The molecule has 36 heavy (non-hydrogen) atoms. The number of hydrogen-bond acceptors (Lipinski definition) is 6. The van der Waals surface area contributed by atoms with Crippen LogP contribution in [0, 0.1) is 6.92 Å². The average Bonchev–Trinajstić information content (AvgIpc) is 3.46. The highest BCUT2D eigenvalue weighted by Gasteiger charge is 2.29. The molecule has 8 nitrogen and oxygen atoms in total. The highest BCUT2D eigenvalue weighted by molar-refractivity contribution is 5.92. The largest absolute Gasteiger partial charge is 0.461 e. The van der Waals surface area contributed by atoms with E-state index in [-0.39, 0.29) is 5.97 Å². The van der Waals surface area contributed by atoms with Crippen molar-refractivity contribution in [3.63, 3.8) is 0 Å². The Balaban J connectivity index is 1.37. The number of carbonyl (C=O) groups excluding carboxylic acids is 1. The van der Waals surface area contributed by atoms with E-state index in [0.717, 1.165) is 38.9 Å². The molecule has 2 aromatic carbocycles. The second-order valence-electron chi connectivity index (χ2n) is 9.19. The fourth-order valence-corrected chi connectivity index (χ4v) is 4.77. The maximum absolute atomic E-state index is 12.4. The van der Waals surface area contributed by atoms with Crippen LogP contribution in [0.4, 0.5) is 0 Å². The van der Waals surface area contributed by atoms with Gasteiger partial charge in [-0.05, 0) is 72.2 Å². The predicted molar refractivity (Wildman–Crippen MR) is 137 cm³/mol. The summed E-state index contributed by atoms with van der Waals surface area (Å²) in [6.07, 6.45) is 2.37. The van der Waals surface area contributed by atoms with E-state index in [1.165, 1.54) is 18.5 Å². The number of H-pyrrole nitrogens is 1. The number of aryl methyl sites for hydroxylation is 1. The second kappa shape index (κ2) is 9.03. The van der Waals surface area contributed by atoms with Gasteiger partial charge in [0.1, 0.15) is 5.65 Å². The van der Waals surface area contributed by atoms with Gasteiger partial charge in [0, 0.05) is 23.2 Å². The first kappa shape index (κ1) is 22.2. The van der Waals surface area contributed by atoms with Gasteiger partial charge in [-0.25, -0.2) is 9.78 Å². The molecule has 0 spiro atoms. The Kier molecular flexibility index (Phi) is 5.56. The highest BCUT2D eigenvalue weighted by Crippen LogP contribution is 2.43. The van der Waals surface area contributed by atoms with E-state index >= 15 is 0 Å². The smallest absolute Gasteiger partial charge is 0.357 e. The Hall–Kier alpha value is -4.33. The van der Waals surface area contributed by atoms with Crippen molar-refractivity contribution in [3.8, 4) is 22.5 Å². The van der Waals surface area contributed by atoms with Gasteiger partial charge in [-0.3, -0.25) is 0 Å². The molecule has 0 bridgehead atoms. The topological polar surface area (TPSA) is 98.6 Å². The van der Waals surface area contributed by atoms with Gasteiger partial charge in [0.2, 0.25) is 5.82 Å². The summed E-state index contributed by atoms with van der Waals surface area (Å²) in [6, 6.07) is 20.7. The molecular formula is C28H26N6O2. The molecule has 0 amide bonds. The van der Waals surface area contributed by atoms with Crippen LogP contribution in [0.5, 0.6) is 0 Å². The van der Waals surface area contributed by atoms with E-state index in [2.05, 4.69) is 61.6 Å². The van der Waals surface area contributed by atoms with Crippen LogP contribution in [0.25, 0.3) is 33.5 Å². The van der Waals surface area contributed by atoms with Crippen molar-refractivity contribution < 1.29 is 9.53 Å². The Morgan fingerprint density at radius 1 is 1.08 bits per heavy atom. The van der Waals surface area contributed by atoms with Gasteiger partial charge in [-0.2, -0.15) is 5.21 Å². The highest BCUT2D eigenvalue weighted by atomic mass is 16.5. The molecule has 1 aliphatic rings. The van der Waals surface area contributed by atoms with Crippen LogP contribution in [0.3, 0.4) is 0 Å². The number of benzene rings is 2. The number of nitrogens with one attached hydrogen (secondary N) is 1. The first-order valence-corrected chi connectivity index (χ1v) is 12.2. The van der Waals surface area contributed by atoms with Crippen molar-refractivity contribution in [1.82, 2.24) is 30.2 Å². The summed E-state index contributed by atoms with van der Waals surface area (Å²) in [4.78, 5) is 17.2. The maximum atomic E-state index is 12.4. The lowest BCUT2D eigenvalue weighted by Gasteiger charge is -2.12. The molecule has 0 radical (unpaired) electrons. The third-order valence-electron chi connectivity index (χ3n) is 6.70. The Morgan fingerprint density at radius 2 is 1.86 bits per heavy atom. The molecule has 3 aromatic heterocycles. The van der Waals surface area contributed by atoms with E-state index < -0.39 is 0 Å². The molecule has 8 heteroatoms. The zero-order valence-electron chi connectivity index (χ0n) is 20.2. The minimum atomic E-state index is -0.382. The van der Waals surface area contributed by atoms with Crippen molar-refractivity contribution in [2.75, 3.05) is 6.61 Å². The number of tetrazole rings is 1. The predicted octanol–water partition coefficient (Wildman–Crippen LogP) is 5.29. The summed E-state index contributed by atoms with van der Waals surface area (Å²) < 4.78 is 7.49. The van der Waals surface area contributed by atoms with Crippen molar-refractivity contribution in [1.29, 1.82) is 0 Å². The van der Waals surface area contributed by atoms with E-state index in [1.807, 2.05) is 31.2 Å².